The van der Waals surface area contributed by atoms with Crippen LogP contribution in [0.25, 0.3) is 0 Å². The van der Waals surface area contributed by atoms with Gasteiger partial charge in [0.25, 0.3) is 0 Å². The molecule has 5 N–H and O–H groups in total. The molecule has 4 aliphatic heterocycles. The Bertz CT molecular complexity index is 715. The van der Waals surface area contributed by atoms with E-state index in [-0.39, 0.29) is 13.4 Å². The zero-order valence-corrected chi connectivity index (χ0v) is 21.2. The molecule has 2 bridgehead atoms. The summed E-state index contributed by atoms with van der Waals surface area (Å²) in [6.45, 7) is 5.93. The summed E-state index contributed by atoms with van der Waals surface area (Å²) in [6, 6.07) is -0.978. The maximum Gasteiger partial charge on any atom is 0.240 e. The van der Waals surface area contributed by atoms with E-state index in [1.165, 1.54) is 18.2 Å². The number of nitrogens with one attached hydrogen (secondary N) is 2. The number of carbonyl (C=O) groups excluding carboxylic acids is 1. The summed E-state index contributed by atoms with van der Waals surface area (Å²) < 4.78 is 12.3. The van der Waals surface area contributed by atoms with Gasteiger partial charge in [-0.1, -0.05) is 26.0 Å². The number of fused-ring (bicyclic) bond motifs is 3. The maximum atomic E-state index is 13.4. The minimum Gasteiger partial charge on any atom is -0.388 e. The van der Waals surface area contributed by atoms with Crippen LogP contribution >= 0.6 is 11.8 Å². The first-order valence-electron chi connectivity index (χ1n) is 13.0. The van der Waals surface area contributed by atoms with Crippen LogP contribution < -0.4 is 10.6 Å². The molecule has 0 aromatic carbocycles. The monoisotopic (exact) mass is 500 g/mol. The van der Waals surface area contributed by atoms with E-state index in [0.29, 0.717) is 30.8 Å². The Hall–Kier alpha value is -0.680. The first kappa shape index (κ1) is 26.4. The van der Waals surface area contributed by atoms with Crippen molar-refractivity contribution in [3.05, 3.63) is 12.2 Å². The largest absolute Gasteiger partial charge is 0.388 e. The fourth-order valence-electron chi connectivity index (χ4n) is 5.92. The van der Waals surface area contributed by atoms with Crippen LogP contribution in [0.2, 0.25) is 0 Å². The number of aliphatic hydroxyl groups is 3. The Morgan fingerprint density at radius 1 is 1.21 bits per heavy atom. The highest BCUT2D eigenvalue weighted by molar-refractivity contribution is 7.99. The van der Waals surface area contributed by atoms with Crippen LogP contribution in [-0.4, -0.2) is 88.2 Å². The average molecular weight is 501 g/mol. The highest BCUT2D eigenvalue weighted by Crippen LogP contribution is 2.34. The predicted octanol–water partition coefficient (Wildman–Crippen LogP) is 1.43. The highest BCUT2D eigenvalue weighted by Gasteiger charge is 2.48. The first-order valence-corrected chi connectivity index (χ1v) is 14.0. The third kappa shape index (κ3) is 6.17. The van der Waals surface area contributed by atoms with Gasteiger partial charge in [0, 0.05) is 14.6 Å². The average Bonchev–Trinajstić information content (AvgIpc) is 3.06. The molecular formula is C25H44N2O6S. The van der Waals surface area contributed by atoms with Gasteiger partial charge in [-0.15, -0.1) is 11.8 Å². The molecule has 7 unspecified atom stereocenters. The first-order chi connectivity index (χ1) is 16.3. The van der Waals surface area contributed by atoms with Gasteiger partial charge in [-0.05, 0) is 62.0 Å². The number of ether oxygens (including phenoxy) is 2. The molecule has 0 aliphatic carbocycles. The molecule has 0 saturated carbocycles. The molecule has 8 nitrogen and oxygen atoms in total. The summed E-state index contributed by atoms with van der Waals surface area (Å²) in [5, 5.41) is 38.1. The molecule has 10 atom stereocenters. The van der Waals surface area contributed by atoms with Crippen molar-refractivity contribution >= 4 is 17.7 Å². The molecule has 0 aromatic rings. The number of amides is 1. The zero-order chi connectivity index (χ0) is 24.2. The second-order valence-electron chi connectivity index (χ2n) is 10.8. The van der Waals surface area contributed by atoms with Crippen LogP contribution in [0.15, 0.2) is 12.2 Å². The molecule has 196 valence electrons. The highest BCUT2D eigenvalue weighted by atomic mass is 32.2. The molecule has 1 amide bonds. The van der Waals surface area contributed by atoms with E-state index < -0.39 is 41.9 Å². The topological polar surface area (TPSA) is 120 Å². The molecule has 3 saturated heterocycles. The quantitative estimate of drug-likeness (QED) is 0.368. The number of hydrogen-bond acceptors (Lipinski definition) is 8. The van der Waals surface area contributed by atoms with Gasteiger partial charge in [0.2, 0.25) is 5.91 Å². The maximum absolute atomic E-state index is 13.4. The molecule has 9 heteroatoms. The van der Waals surface area contributed by atoms with Gasteiger partial charge in [-0.25, -0.2) is 0 Å². The van der Waals surface area contributed by atoms with Crippen LogP contribution in [0.4, 0.5) is 0 Å². The van der Waals surface area contributed by atoms with Gasteiger partial charge in [0.05, 0.1) is 12.1 Å². The van der Waals surface area contributed by atoms with Crippen LogP contribution in [0, 0.1) is 17.8 Å². The van der Waals surface area contributed by atoms with Gasteiger partial charge in [0.1, 0.15) is 35.9 Å². The lowest BCUT2D eigenvalue weighted by molar-refractivity contribution is -0.205. The standard InChI is InChI=1S/C25H42N2O6S.H2/c1-14(2)11-15-8-9-32-22-16(12-15)13-26-18(22)24(31)27-17-7-5-3-4-6-10-34-25-21(30)19(28)20(29)23(17)33-25;/h3,5,14-23,25-26,28-30H,4,6-13H2,1-2H3,(H,27,31);1H/b5-3+;/t15-,16-,17+,18?,19?,20?,21?,22?,23?,25?;/m0./s1. The predicted molar refractivity (Wildman–Crippen MR) is 133 cm³/mol. The molecule has 4 heterocycles. The molecule has 0 aromatic heterocycles. The van der Waals surface area contributed by atoms with Gasteiger partial charge >= 0.3 is 0 Å². The SMILES string of the molecule is CC(C)C[C@@H]1CCOC2C(C(=O)N[C@@H]3C/C=C/CCCSC4OC3C(O)C(O)C4O)NC[C@@H]2C1.[HH]. The van der Waals surface area contributed by atoms with Crippen LogP contribution in [0.5, 0.6) is 0 Å². The van der Waals surface area contributed by atoms with E-state index in [4.69, 9.17) is 9.47 Å². The number of rotatable bonds is 4. The van der Waals surface area contributed by atoms with Gasteiger partial charge in [-0.3, -0.25) is 4.79 Å². The molecule has 0 spiro atoms. The van der Waals surface area contributed by atoms with Gasteiger partial charge < -0.3 is 35.4 Å². The Balaban J connectivity index is 0.00000342. The van der Waals surface area contributed by atoms with Crippen molar-refractivity contribution in [2.75, 3.05) is 18.9 Å². The lowest BCUT2D eigenvalue weighted by atomic mass is 9.85. The lowest BCUT2D eigenvalue weighted by Crippen LogP contribution is -2.63. The van der Waals surface area contributed by atoms with Crippen molar-refractivity contribution in [1.29, 1.82) is 0 Å². The molecule has 34 heavy (non-hydrogen) atoms. The van der Waals surface area contributed by atoms with E-state index >= 15 is 0 Å². The number of aliphatic hydroxyl groups excluding tert-OH is 3. The van der Waals surface area contributed by atoms with Gasteiger partial charge in [-0.2, -0.15) is 0 Å². The van der Waals surface area contributed by atoms with E-state index in [9.17, 15) is 20.1 Å². The third-order valence-corrected chi connectivity index (χ3v) is 8.88. The summed E-state index contributed by atoms with van der Waals surface area (Å²) in [5.41, 5.74) is -0.641. The van der Waals surface area contributed by atoms with Crippen LogP contribution in [-0.2, 0) is 14.3 Å². The Morgan fingerprint density at radius 2 is 2.03 bits per heavy atom. The van der Waals surface area contributed by atoms with Crippen molar-refractivity contribution in [3.63, 3.8) is 0 Å². The van der Waals surface area contributed by atoms with Crippen molar-refractivity contribution in [2.24, 2.45) is 17.8 Å². The summed E-state index contributed by atoms with van der Waals surface area (Å²) >= 11 is 1.44. The number of carbonyl (C=O) groups is 1. The van der Waals surface area contributed by atoms with Gasteiger partial charge in [0.15, 0.2) is 0 Å². The smallest absolute Gasteiger partial charge is 0.240 e. The van der Waals surface area contributed by atoms with E-state index in [0.717, 1.165) is 38.0 Å². The van der Waals surface area contributed by atoms with Crippen molar-refractivity contribution in [1.82, 2.24) is 10.6 Å². The minimum absolute atomic E-state index is 0. The summed E-state index contributed by atoms with van der Waals surface area (Å²) in [7, 11) is 0. The molecule has 4 aliphatic rings. The molecule has 3 fully saturated rings. The molecule has 0 radical (unpaired) electrons. The summed E-state index contributed by atoms with van der Waals surface area (Å²) in [6.07, 6.45) is 4.92. The van der Waals surface area contributed by atoms with E-state index in [2.05, 4.69) is 30.6 Å². The normalized spacial score (nSPS) is 44.5. The fourth-order valence-corrected chi connectivity index (χ4v) is 7.06. The van der Waals surface area contributed by atoms with E-state index in [1.54, 1.807) is 0 Å². The number of thioether (sulfide) groups is 1. The van der Waals surface area contributed by atoms with Crippen LogP contribution in [0.1, 0.15) is 53.8 Å². The number of allylic oxidation sites excluding steroid dienone is 1. The van der Waals surface area contributed by atoms with Crippen LogP contribution in [0.3, 0.4) is 0 Å². The van der Waals surface area contributed by atoms with E-state index in [1.807, 2.05) is 6.08 Å². The second-order valence-corrected chi connectivity index (χ2v) is 12.0. The molecule has 4 rings (SSSR count). The third-order valence-electron chi connectivity index (χ3n) is 7.64. The summed E-state index contributed by atoms with van der Waals surface area (Å²) in [5.74, 6) is 2.20. The fraction of sp³-hybridized carbons (Fsp3) is 0.880. The van der Waals surface area contributed by atoms with Crippen molar-refractivity contribution in [2.45, 2.75) is 100 Å². The minimum atomic E-state index is -1.32. The Morgan fingerprint density at radius 3 is 2.82 bits per heavy atom. The Kier molecular flexibility index (Phi) is 9.34. The Labute approximate surface area is 208 Å². The summed E-state index contributed by atoms with van der Waals surface area (Å²) in [4.78, 5) is 13.4. The second kappa shape index (κ2) is 12.0. The number of hydrogen-bond donors (Lipinski definition) is 5. The van der Waals surface area contributed by atoms with Crippen molar-refractivity contribution in [3.8, 4) is 0 Å². The van der Waals surface area contributed by atoms with Crippen molar-refractivity contribution < 1.29 is 31.0 Å². The lowest BCUT2D eigenvalue weighted by Gasteiger charge is -2.43. The zero-order valence-electron chi connectivity index (χ0n) is 20.3. The molecular weight excluding hydrogens is 456 g/mol.